The summed E-state index contributed by atoms with van der Waals surface area (Å²) in [6.45, 7) is 3.12. The van der Waals surface area contributed by atoms with Gasteiger partial charge in [0, 0.05) is 11.6 Å². The summed E-state index contributed by atoms with van der Waals surface area (Å²) < 4.78 is 15.5. The molecule has 2 aromatic heterocycles. The standard InChI is InChI=1S/C18H14Cl2N2O5/c1-9-8-15(22-27-9)21-17(23)10(2)25-18(24)14-7-6-13(26-14)11-4-3-5-12(19)16(11)20/h3-8,10H,1-2H3,(H,21,22,23)/t10-/m1/s1. The predicted octanol–water partition coefficient (Wildman–Crippen LogP) is 4.73. The molecule has 3 rings (SSSR count). The predicted molar refractivity (Wildman–Crippen MR) is 98.9 cm³/mol. The highest BCUT2D eigenvalue weighted by Gasteiger charge is 2.23. The molecule has 1 atom stereocenters. The number of nitrogens with one attached hydrogen (secondary N) is 1. The molecule has 0 bridgehead atoms. The number of benzene rings is 1. The van der Waals surface area contributed by atoms with Crippen LogP contribution in [0, 0.1) is 6.92 Å². The summed E-state index contributed by atoms with van der Waals surface area (Å²) in [5, 5.41) is 6.79. The number of nitrogens with zero attached hydrogens (tertiary/aromatic N) is 1. The maximum absolute atomic E-state index is 12.2. The van der Waals surface area contributed by atoms with Crippen molar-refractivity contribution in [3.05, 3.63) is 58.0 Å². The van der Waals surface area contributed by atoms with E-state index in [1.807, 2.05) is 0 Å². The number of aromatic nitrogens is 1. The Morgan fingerprint density at radius 1 is 1.22 bits per heavy atom. The average Bonchev–Trinajstić information content (AvgIpc) is 3.26. The summed E-state index contributed by atoms with van der Waals surface area (Å²) >= 11 is 12.1. The van der Waals surface area contributed by atoms with Crippen molar-refractivity contribution in [1.82, 2.24) is 5.16 Å². The van der Waals surface area contributed by atoms with Gasteiger partial charge in [0.25, 0.3) is 5.91 Å². The number of furan rings is 1. The van der Waals surface area contributed by atoms with E-state index in [1.54, 1.807) is 37.3 Å². The minimum Gasteiger partial charge on any atom is -0.449 e. The van der Waals surface area contributed by atoms with Gasteiger partial charge in [-0.25, -0.2) is 4.79 Å². The molecular formula is C18H14Cl2N2O5. The number of hydrogen-bond acceptors (Lipinski definition) is 6. The van der Waals surface area contributed by atoms with Gasteiger partial charge < -0.3 is 19.0 Å². The number of ether oxygens (including phenoxy) is 1. The van der Waals surface area contributed by atoms with Crippen LogP contribution in [0.25, 0.3) is 11.3 Å². The van der Waals surface area contributed by atoms with E-state index in [9.17, 15) is 9.59 Å². The van der Waals surface area contributed by atoms with Crippen molar-refractivity contribution >= 4 is 40.9 Å². The summed E-state index contributed by atoms with van der Waals surface area (Å²) in [5.74, 6) is -0.295. The summed E-state index contributed by atoms with van der Waals surface area (Å²) in [4.78, 5) is 24.3. The lowest BCUT2D eigenvalue weighted by Gasteiger charge is -2.11. The molecule has 0 fully saturated rings. The van der Waals surface area contributed by atoms with Gasteiger partial charge in [0.05, 0.1) is 10.0 Å². The molecule has 0 spiro atoms. The normalized spacial score (nSPS) is 11.9. The van der Waals surface area contributed by atoms with E-state index in [1.165, 1.54) is 13.0 Å². The third-order valence-corrected chi connectivity index (χ3v) is 4.38. The number of anilines is 1. The fourth-order valence-electron chi connectivity index (χ4n) is 2.21. The van der Waals surface area contributed by atoms with Crippen molar-refractivity contribution in [3.63, 3.8) is 0 Å². The van der Waals surface area contributed by atoms with Crippen molar-refractivity contribution in [2.45, 2.75) is 20.0 Å². The Balaban J connectivity index is 1.67. The zero-order valence-electron chi connectivity index (χ0n) is 14.3. The Labute approximate surface area is 164 Å². The van der Waals surface area contributed by atoms with Crippen molar-refractivity contribution in [2.75, 3.05) is 5.32 Å². The molecule has 0 aliphatic heterocycles. The first-order valence-corrected chi connectivity index (χ1v) is 8.60. The second-order valence-corrected chi connectivity index (χ2v) is 6.41. The van der Waals surface area contributed by atoms with Crippen molar-refractivity contribution < 1.29 is 23.3 Å². The number of amides is 1. The van der Waals surface area contributed by atoms with Crippen LogP contribution in [0.1, 0.15) is 23.2 Å². The van der Waals surface area contributed by atoms with Gasteiger partial charge in [0.15, 0.2) is 11.9 Å². The van der Waals surface area contributed by atoms with E-state index in [0.29, 0.717) is 27.1 Å². The van der Waals surface area contributed by atoms with Gasteiger partial charge in [0.2, 0.25) is 5.76 Å². The molecule has 2 heterocycles. The van der Waals surface area contributed by atoms with E-state index >= 15 is 0 Å². The number of halogens is 2. The van der Waals surface area contributed by atoms with Gasteiger partial charge in [-0.3, -0.25) is 4.79 Å². The highest BCUT2D eigenvalue weighted by molar-refractivity contribution is 6.43. The Kier molecular flexibility index (Phi) is 5.53. The molecule has 0 radical (unpaired) electrons. The first kappa shape index (κ1) is 19.0. The second kappa shape index (κ2) is 7.85. The van der Waals surface area contributed by atoms with Crippen molar-refractivity contribution in [2.24, 2.45) is 0 Å². The molecule has 0 saturated carbocycles. The summed E-state index contributed by atoms with van der Waals surface area (Å²) in [7, 11) is 0. The summed E-state index contributed by atoms with van der Waals surface area (Å²) in [5.41, 5.74) is 0.537. The lowest BCUT2D eigenvalue weighted by atomic mass is 10.2. The van der Waals surface area contributed by atoms with Crippen molar-refractivity contribution in [3.8, 4) is 11.3 Å². The van der Waals surface area contributed by atoms with Gasteiger partial charge in [-0.05, 0) is 38.1 Å². The Hall–Kier alpha value is -2.77. The molecule has 0 unspecified atom stereocenters. The fraction of sp³-hybridized carbons (Fsp3) is 0.167. The molecule has 9 heteroatoms. The van der Waals surface area contributed by atoms with Gasteiger partial charge in [-0.2, -0.15) is 0 Å². The SMILES string of the molecule is Cc1cc(NC(=O)[C@@H](C)OC(=O)c2ccc(-c3cccc(Cl)c3Cl)o2)no1. The maximum Gasteiger partial charge on any atom is 0.375 e. The minimum atomic E-state index is -1.07. The highest BCUT2D eigenvalue weighted by atomic mass is 35.5. The van der Waals surface area contributed by atoms with Crippen LogP contribution in [-0.2, 0) is 9.53 Å². The number of aryl methyl sites for hydroxylation is 1. The quantitative estimate of drug-likeness (QED) is 0.612. The van der Waals surface area contributed by atoms with Crippen LogP contribution < -0.4 is 5.32 Å². The molecule has 3 aromatic rings. The monoisotopic (exact) mass is 408 g/mol. The zero-order valence-corrected chi connectivity index (χ0v) is 15.8. The van der Waals surface area contributed by atoms with E-state index in [0.717, 1.165) is 0 Å². The number of esters is 1. The fourth-order valence-corrected chi connectivity index (χ4v) is 2.61. The Bertz CT molecular complexity index is 995. The number of carbonyl (C=O) groups excluding carboxylic acids is 2. The summed E-state index contributed by atoms with van der Waals surface area (Å²) in [6, 6.07) is 9.60. The number of rotatable bonds is 5. The molecule has 0 saturated heterocycles. The third kappa shape index (κ3) is 4.32. The van der Waals surface area contributed by atoms with E-state index in [-0.39, 0.29) is 11.6 Å². The lowest BCUT2D eigenvalue weighted by Crippen LogP contribution is -2.30. The molecule has 1 aromatic carbocycles. The van der Waals surface area contributed by atoms with E-state index in [4.69, 9.17) is 36.9 Å². The first-order valence-electron chi connectivity index (χ1n) is 7.84. The molecule has 0 aliphatic carbocycles. The number of carbonyl (C=O) groups is 2. The first-order chi connectivity index (χ1) is 12.8. The maximum atomic E-state index is 12.2. The molecule has 0 aliphatic rings. The van der Waals surface area contributed by atoms with Gasteiger partial charge in [0.1, 0.15) is 11.5 Å². The highest BCUT2D eigenvalue weighted by Crippen LogP contribution is 2.34. The van der Waals surface area contributed by atoms with Gasteiger partial charge in [-0.15, -0.1) is 0 Å². The Morgan fingerprint density at radius 2 is 2.00 bits per heavy atom. The van der Waals surface area contributed by atoms with Crippen LogP contribution in [0.2, 0.25) is 10.0 Å². The number of hydrogen-bond donors (Lipinski definition) is 1. The smallest absolute Gasteiger partial charge is 0.375 e. The molecule has 7 nitrogen and oxygen atoms in total. The average molecular weight is 409 g/mol. The van der Waals surface area contributed by atoms with Crippen LogP contribution in [0.3, 0.4) is 0 Å². The van der Waals surface area contributed by atoms with Crippen LogP contribution in [0.4, 0.5) is 5.82 Å². The molecule has 1 amide bonds. The van der Waals surface area contributed by atoms with Gasteiger partial charge >= 0.3 is 5.97 Å². The second-order valence-electron chi connectivity index (χ2n) is 5.62. The molecular weight excluding hydrogens is 395 g/mol. The molecule has 140 valence electrons. The van der Waals surface area contributed by atoms with Crippen LogP contribution in [-0.4, -0.2) is 23.1 Å². The lowest BCUT2D eigenvalue weighted by molar-refractivity contribution is -0.123. The van der Waals surface area contributed by atoms with E-state index < -0.39 is 18.0 Å². The van der Waals surface area contributed by atoms with Crippen molar-refractivity contribution in [1.29, 1.82) is 0 Å². The summed E-state index contributed by atoms with van der Waals surface area (Å²) in [6.07, 6.45) is -1.07. The Morgan fingerprint density at radius 3 is 2.70 bits per heavy atom. The largest absolute Gasteiger partial charge is 0.449 e. The molecule has 27 heavy (non-hydrogen) atoms. The topological polar surface area (TPSA) is 94.6 Å². The minimum absolute atomic E-state index is 0.0713. The van der Waals surface area contributed by atoms with Gasteiger partial charge in [-0.1, -0.05) is 34.4 Å². The van der Waals surface area contributed by atoms with Crippen LogP contribution in [0.5, 0.6) is 0 Å². The molecule has 1 N–H and O–H groups in total. The zero-order chi connectivity index (χ0) is 19.6. The third-order valence-electron chi connectivity index (χ3n) is 3.56. The van der Waals surface area contributed by atoms with E-state index in [2.05, 4.69) is 10.5 Å². The van der Waals surface area contributed by atoms with Crippen LogP contribution >= 0.6 is 23.2 Å². The van der Waals surface area contributed by atoms with Crippen LogP contribution in [0.15, 0.2) is 45.3 Å².